The van der Waals surface area contributed by atoms with Crippen molar-refractivity contribution < 1.29 is 28.7 Å². The highest BCUT2D eigenvalue weighted by molar-refractivity contribution is 7.70. The highest BCUT2D eigenvalue weighted by Crippen LogP contribution is 2.64. The van der Waals surface area contributed by atoms with Gasteiger partial charge in [0.1, 0.15) is 0 Å². The number of hydrogen-bond acceptors (Lipinski definition) is 4. The predicted octanol–water partition coefficient (Wildman–Crippen LogP) is 2.03. The molecule has 8 N–H and O–H groups in total. The second-order valence-electron chi connectivity index (χ2n) is 4.96. The third-order valence-electron chi connectivity index (χ3n) is 3.25. The lowest BCUT2D eigenvalue weighted by atomic mass is 10.1. The standard InChI is InChI=1S/C14H16N2O6P2/c15-11-8-4-7-10(12(11)16)14(24(20,21)22)13(23(17,18)19)9-5-2-1-3-6-9/h1-8H,15-16H2,(H2,17,18,19)(H2,20,21,22). The average Bonchev–Trinajstić information content (AvgIpc) is 2.46. The largest absolute Gasteiger partial charge is 0.397 e. The van der Waals surface area contributed by atoms with E-state index in [1.54, 1.807) is 6.07 Å². The van der Waals surface area contributed by atoms with Gasteiger partial charge in [-0.15, -0.1) is 0 Å². The second kappa shape index (κ2) is 6.53. The minimum absolute atomic E-state index is 0.0222. The molecule has 2 aromatic carbocycles. The zero-order valence-electron chi connectivity index (χ0n) is 12.3. The van der Waals surface area contributed by atoms with Gasteiger partial charge in [0, 0.05) is 5.56 Å². The topological polar surface area (TPSA) is 167 Å². The maximum Gasteiger partial charge on any atom is 0.357 e. The van der Waals surface area contributed by atoms with Crippen molar-refractivity contribution in [1.82, 2.24) is 0 Å². The molecule has 0 bridgehead atoms. The first-order valence-corrected chi connectivity index (χ1v) is 9.82. The molecular weight excluding hydrogens is 354 g/mol. The summed E-state index contributed by atoms with van der Waals surface area (Å²) in [5.41, 5.74) is 11.1. The lowest BCUT2D eigenvalue weighted by Crippen LogP contribution is -2.02. The van der Waals surface area contributed by atoms with Crippen LogP contribution >= 0.6 is 15.2 Å². The van der Waals surface area contributed by atoms with E-state index in [-0.39, 0.29) is 22.5 Å². The van der Waals surface area contributed by atoms with Crippen LogP contribution in [-0.2, 0) is 9.13 Å². The number of rotatable bonds is 4. The molecule has 0 amide bonds. The first kappa shape index (κ1) is 18.4. The molecule has 2 rings (SSSR count). The molecule has 0 spiro atoms. The highest BCUT2D eigenvalue weighted by Gasteiger charge is 2.37. The van der Waals surface area contributed by atoms with E-state index in [4.69, 9.17) is 11.5 Å². The number of para-hydroxylation sites is 1. The Bertz CT molecular complexity index is 885. The van der Waals surface area contributed by atoms with Crippen molar-refractivity contribution >= 4 is 37.2 Å². The fourth-order valence-corrected chi connectivity index (χ4v) is 4.83. The van der Waals surface area contributed by atoms with Crippen LogP contribution in [0.15, 0.2) is 48.5 Å². The summed E-state index contributed by atoms with van der Waals surface area (Å²) in [6.07, 6.45) is 0. The quantitative estimate of drug-likeness (QED) is 0.270. The Morgan fingerprint density at radius 1 is 0.750 bits per heavy atom. The summed E-state index contributed by atoms with van der Waals surface area (Å²) in [6.45, 7) is 0. The third-order valence-corrected chi connectivity index (χ3v) is 5.54. The first-order chi connectivity index (χ1) is 11.0. The van der Waals surface area contributed by atoms with Crippen LogP contribution in [-0.4, -0.2) is 19.6 Å². The molecule has 0 unspecified atom stereocenters. The first-order valence-electron chi connectivity index (χ1n) is 6.59. The maximum atomic E-state index is 12.1. The van der Waals surface area contributed by atoms with Crippen LogP contribution in [0.1, 0.15) is 11.1 Å². The van der Waals surface area contributed by atoms with E-state index in [0.717, 1.165) is 0 Å². The molecule has 0 aromatic heterocycles. The van der Waals surface area contributed by atoms with Gasteiger partial charge >= 0.3 is 15.2 Å². The third kappa shape index (κ3) is 3.76. The van der Waals surface area contributed by atoms with Crippen LogP contribution in [0.2, 0.25) is 0 Å². The molecule has 0 saturated heterocycles. The van der Waals surface area contributed by atoms with Gasteiger partial charge in [-0.3, -0.25) is 9.13 Å². The molecule has 10 heteroatoms. The average molecular weight is 370 g/mol. The van der Waals surface area contributed by atoms with Gasteiger partial charge in [-0.2, -0.15) is 0 Å². The van der Waals surface area contributed by atoms with E-state index < -0.39 is 25.8 Å². The van der Waals surface area contributed by atoms with Crippen molar-refractivity contribution in [2.24, 2.45) is 0 Å². The van der Waals surface area contributed by atoms with E-state index in [0.29, 0.717) is 0 Å². The van der Waals surface area contributed by atoms with Gasteiger partial charge in [0.15, 0.2) is 0 Å². The Labute approximate surface area is 137 Å². The van der Waals surface area contributed by atoms with Gasteiger partial charge in [-0.05, 0) is 11.6 Å². The van der Waals surface area contributed by atoms with Gasteiger partial charge in [0.2, 0.25) is 0 Å². The zero-order valence-corrected chi connectivity index (χ0v) is 14.1. The fourth-order valence-electron chi connectivity index (χ4n) is 2.25. The molecule has 0 fully saturated rings. The van der Waals surface area contributed by atoms with Gasteiger partial charge in [-0.1, -0.05) is 42.5 Å². The summed E-state index contributed by atoms with van der Waals surface area (Å²) in [5, 5.41) is -1.62. The van der Waals surface area contributed by atoms with Crippen molar-refractivity contribution in [1.29, 1.82) is 0 Å². The minimum atomic E-state index is -5.11. The van der Waals surface area contributed by atoms with Gasteiger partial charge < -0.3 is 31.0 Å². The number of nitrogen functional groups attached to an aromatic ring is 2. The Hall–Kier alpha value is -1.92. The lowest BCUT2D eigenvalue weighted by Gasteiger charge is -2.20. The van der Waals surface area contributed by atoms with Crippen LogP contribution < -0.4 is 11.5 Å². The summed E-state index contributed by atoms with van der Waals surface area (Å²) >= 11 is 0. The smallest absolute Gasteiger partial charge is 0.357 e. The SMILES string of the molecule is Nc1cccc(C(=C(c2ccccc2)P(=O)(O)O)P(=O)(O)O)c1N. The maximum absolute atomic E-state index is 12.1. The number of nitrogens with two attached hydrogens (primary N) is 2. The van der Waals surface area contributed by atoms with Crippen LogP contribution in [0.4, 0.5) is 11.4 Å². The molecule has 0 radical (unpaired) electrons. The highest BCUT2D eigenvalue weighted by atomic mass is 31.2. The molecule has 0 saturated carbocycles. The zero-order chi connectivity index (χ0) is 18.1. The summed E-state index contributed by atoms with van der Waals surface area (Å²) in [4.78, 5) is 39.0. The Morgan fingerprint density at radius 3 is 1.79 bits per heavy atom. The number of anilines is 2. The van der Waals surface area contributed by atoms with Crippen LogP contribution in [0.25, 0.3) is 10.6 Å². The van der Waals surface area contributed by atoms with Gasteiger partial charge in [0.05, 0.1) is 22.0 Å². The second-order valence-corrected chi connectivity index (χ2v) is 8.03. The van der Waals surface area contributed by atoms with Crippen molar-refractivity contribution in [2.75, 3.05) is 11.5 Å². The summed E-state index contributed by atoms with van der Waals surface area (Å²) in [5.74, 6) is 0. The monoisotopic (exact) mass is 370 g/mol. The van der Waals surface area contributed by atoms with Crippen molar-refractivity contribution in [3.05, 3.63) is 59.7 Å². The van der Waals surface area contributed by atoms with Crippen molar-refractivity contribution in [3.63, 3.8) is 0 Å². The molecular formula is C14H16N2O6P2. The molecule has 24 heavy (non-hydrogen) atoms. The normalized spacial score (nSPS) is 13.5. The predicted molar refractivity (Wildman–Crippen MR) is 92.6 cm³/mol. The van der Waals surface area contributed by atoms with Crippen LogP contribution in [0.5, 0.6) is 0 Å². The molecule has 8 nitrogen and oxygen atoms in total. The molecule has 0 atom stereocenters. The summed E-state index contributed by atoms with van der Waals surface area (Å²) in [7, 11) is -10.2. The van der Waals surface area contributed by atoms with Crippen molar-refractivity contribution in [3.8, 4) is 0 Å². The van der Waals surface area contributed by atoms with E-state index in [9.17, 15) is 28.7 Å². The molecule has 0 aliphatic carbocycles. The van der Waals surface area contributed by atoms with Gasteiger partial charge in [0.25, 0.3) is 0 Å². The summed E-state index contributed by atoms with van der Waals surface area (Å²) in [6, 6.07) is 11.3. The van der Waals surface area contributed by atoms with Gasteiger partial charge in [-0.25, -0.2) is 0 Å². The van der Waals surface area contributed by atoms with E-state index in [2.05, 4.69) is 0 Å². The van der Waals surface area contributed by atoms with Crippen molar-refractivity contribution in [2.45, 2.75) is 0 Å². The number of hydrogen-bond donors (Lipinski definition) is 6. The van der Waals surface area contributed by atoms with Crippen LogP contribution in [0, 0.1) is 0 Å². The van der Waals surface area contributed by atoms with Crippen LogP contribution in [0.3, 0.4) is 0 Å². The molecule has 2 aromatic rings. The van der Waals surface area contributed by atoms with E-state index >= 15 is 0 Å². The molecule has 128 valence electrons. The molecule has 0 aliphatic heterocycles. The number of benzene rings is 2. The fraction of sp³-hybridized carbons (Fsp3) is 0. The molecule has 0 aliphatic rings. The Kier molecular flexibility index (Phi) is 5.01. The van der Waals surface area contributed by atoms with E-state index in [1.165, 1.54) is 42.5 Å². The minimum Gasteiger partial charge on any atom is -0.397 e. The lowest BCUT2D eigenvalue weighted by molar-refractivity contribution is 0.383. The Balaban J connectivity index is 3.00. The summed E-state index contributed by atoms with van der Waals surface area (Å²) < 4.78 is 24.1. The molecule has 0 heterocycles. The Morgan fingerprint density at radius 2 is 1.29 bits per heavy atom. The van der Waals surface area contributed by atoms with E-state index in [1.807, 2.05) is 0 Å².